The molecule has 1 heteroatoms. The van der Waals surface area contributed by atoms with E-state index >= 15 is 0 Å². The predicted molar refractivity (Wildman–Crippen MR) is 56.2 cm³/mol. The van der Waals surface area contributed by atoms with Crippen molar-refractivity contribution in [3.05, 3.63) is 0 Å². The summed E-state index contributed by atoms with van der Waals surface area (Å²) in [6, 6.07) is 0. The summed E-state index contributed by atoms with van der Waals surface area (Å²) in [4.78, 5) is 0. The van der Waals surface area contributed by atoms with Gasteiger partial charge in [-0.1, -0.05) is 52.4 Å². The maximum absolute atomic E-state index is 5.44. The van der Waals surface area contributed by atoms with Crippen LogP contribution in [0.1, 0.15) is 58.8 Å². The molecular weight excluding hydrogens is 146 g/mol. The van der Waals surface area contributed by atoms with Gasteiger partial charge in [0.2, 0.25) is 0 Å². The van der Waals surface area contributed by atoms with Crippen molar-refractivity contribution < 1.29 is 0 Å². The summed E-state index contributed by atoms with van der Waals surface area (Å²) in [5, 5.41) is 0. The lowest BCUT2D eigenvalue weighted by Crippen LogP contribution is -2.07. The van der Waals surface area contributed by atoms with E-state index in [0.717, 1.165) is 12.5 Å². The van der Waals surface area contributed by atoms with E-state index < -0.39 is 0 Å². The van der Waals surface area contributed by atoms with Crippen molar-refractivity contribution in [3.63, 3.8) is 0 Å². The fraction of sp³-hybridized carbons (Fsp3) is 1.00. The predicted octanol–water partition coefficient (Wildman–Crippen LogP) is 3.33. The molecule has 0 aliphatic heterocycles. The zero-order chi connectivity index (χ0) is 7.94. The Hall–Kier alpha value is -0.0400. The summed E-state index contributed by atoms with van der Waals surface area (Å²) >= 11 is 0. The third-order valence-corrected chi connectivity index (χ3v) is 2.79. The minimum absolute atomic E-state index is 0. The highest BCUT2D eigenvalue weighted by atomic mass is 14.5. The van der Waals surface area contributed by atoms with Crippen LogP contribution in [0.3, 0.4) is 0 Å². The Kier molecular flexibility index (Phi) is 7.58. The van der Waals surface area contributed by atoms with Crippen LogP contribution in [0.15, 0.2) is 0 Å². The minimum Gasteiger partial charge on any atom is -0.330 e. The largest absolute Gasteiger partial charge is 0.330 e. The van der Waals surface area contributed by atoms with Crippen LogP contribution in [0.25, 0.3) is 0 Å². The van der Waals surface area contributed by atoms with E-state index in [4.69, 9.17) is 5.73 Å². The van der Waals surface area contributed by atoms with Crippen molar-refractivity contribution in [2.45, 2.75) is 58.8 Å². The molecule has 1 saturated carbocycles. The van der Waals surface area contributed by atoms with Gasteiger partial charge in [-0.15, -0.1) is 0 Å². The lowest BCUT2D eigenvalue weighted by Gasteiger charge is -2.20. The smallest absolute Gasteiger partial charge is 0.00773 e. The molecule has 0 spiro atoms. The molecule has 0 radical (unpaired) electrons. The lowest BCUT2D eigenvalue weighted by atomic mass is 9.86. The monoisotopic (exact) mass is 171 g/mol. The van der Waals surface area contributed by atoms with Crippen molar-refractivity contribution >= 4 is 0 Å². The molecular formula is C11H25N. The molecule has 0 aromatic heterocycles. The van der Waals surface area contributed by atoms with Gasteiger partial charge in [0.1, 0.15) is 0 Å². The van der Waals surface area contributed by atoms with Crippen LogP contribution in [0.4, 0.5) is 0 Å². The first kappa shape index (κ1) is 12.0. The van der Waals surface area contributed by atoms with Gasteiger partial charge in [-0.3, -0.25) is 0 Å². The van der Waals surface area contributed by atoms with Gasteiger partial charge in [-0.05, 0) is 18.9 Å². The summed E-state index contributed by atoms with van der Waals surface area (Å²) in [6.45, 7) is 0.882. The van der Waals surface area contributed by atoms with Gasteiger partial charge in [-0.2, -0.15) is 0 Å². The molecule has 0 amide bonds. The third kappa shape index (κ3) is 4.76. The van der Waals surface area contributed by atoms with Crippen LogP contribution < -0.4 is 5.73 Å². The zero-order valence-electron chi connectivity index (χ0n) is 7.52. The van der Waals surface area contributed by atoms with E-state index in [-0.39, 0.29) is 7.43 Å². The summed E-state index contributed by atoms with van der Waals surface area (Å²) < 4.78 is 0. The number of hydrogen-bond acceptors (Lipinski definition) is 1. The molecule has 0 bridgehead atoms. The highest BCUT2D eigenvalue weighted by molar-refractivity contribution is 4.65. The number of hydrogen-bond donors (Lipinski definition) is 1. The van der Waals surface area contributed by atoms with E-state index in [0.29, 0.717) is 0 Å². The molecule has 12 heavy (non-hydrogen) atoms. The molecule has 1 aliphatic rings. The van der Waals surface area contributed by atoms with Gasteiger partial charge in [0.05, 0.1) is 0 Å². The van der Waals surface area contributed by atoms with Gasteiger partial charge in [0.25, 0.3) is 0 Å². The van der Waals surface area contributed by atoms with Crippen LogP contribution >= 0.6 is 0 Å². The second-order valence-corrected chi connectivity index (χ2v) is 3.79. The first-order valence-electron chi connectivity index (χ1n) is 5.13. The molecule has 1 nitrogen and oxygen atoms in total. The number of nitrogens with two attached hydrogens (primary N) is 1. The highest BCUT2D eigenvalue weighted by Gasteiger charge is 2.11. The summed E-state index contributed by atoms with van der Waals surface area (Å²) in [6.07, 6.45) is 11.5. The van der Waals surface area contributed by atoms with Crippen LogP contribution in [0.2, 0.25) is 0 Å². The standard InChI is InChI=1S/C10H21N.CH4/c11-9-5-4-8-10-6-2-1-3-7-10;/h10H,1-9,11H2;1H4. The van der Waals surface area contributed by atoms with E-state index in [2.05, 4.69) is 0 Å². The summed E-state index contributed by atoms with van der Waals surface area (Å²) in [5.74, 6) is 1.05. The topological polar surface area (TPSA) is 26.0 Å². The van der Waals surface area contributed by atoms with Gasteiger partial charge >= 0.3 is 0 Å². The van der Waals surface area contributed by atoms with Gasteiger partial charge in [0.15, 0.2) is 0 Å². The van der Waals surface area contributed by atoms with E-state index in [1.54, 1.807) is 0 Å². The molecule has 0 heterocycles. The molecule has 0 aromatic carbocycles. The van der Waals surface area contributed by atoms with Gasteiger partial charge in [0, 0.05) is 0 Å². The van der Waals surface area contributed by atoms with E-state index in [1.807, 2.05) is 0 Å². The molecule has 2 N–H and O–H groups in total. The van der Waals surface area contributed by atoms with Crippen molar-refractivity contribution in [1.29, 1.82) is 0 Å². The van der Waals surface area contributed by atoms with Crippen LogP contribution in [-0.4, -0.2) is 6.54 Å². The SMILES string of the molecule is C.NCCCCC1CCCCC1. The van der Waals surface area contributed by atoms with Crippen LogP contribution in [0, 0.1) is 5.92 Å². The lowest BCUT2D eigenvalue weighted by molar-refractivity contribution is 0.330. The van der Waals surface area contributed by atoms with E-state index in [1.165, 1.54) is 51.4 Å². The van der Waals surface area contributed by atoms with Gasteiger partial charge < -0.3 is 5.73 Å². The van der Waals surface area contributed by atoms with Crippen molar-refractivity contribution in [2.24, 2.45) is 11.7 Å². The maximum atomic E-state index is 5.44. The molecule has 1 fully saturated rings. The second-order valence-electron chi connectivity index (χ2n) is 3.79. The van der Waals surface area contributed by atoms with Crippen molar-refractivity contribution in [3.8, 4) is 0 Å². The summed E-state index contributed by atoms with van der Waals surface area (Å²) in [7, 11) is 0. The van der Waals surface area contributed by atoms with E-state index in [9.17, 15) is 0 Å². The highest BCUT2D eigenvalue weighted by Crippen LogP contribution is 2.27. The van der Waals surface area contributed by atoms with Gasteiger partial charge in [-0.25, -0.2) is 0 Å². The van der Waals surface area contributed by atoms with Crippen LogP contribution in [0.5, 0.6) is 0 Å². The zero-order valence-corrected chi connectivity index (χ0v) is 7.52. The molecule has 0 unspecified atom stereocenters. The average Bonchev–Trinajstić information content (AvgIpc) is 2.07. The minimum atomic E-state index is 0. The summed E-state index contributed by atoms with van der Waals surface area (Å²) in [5.41, 5.74) is 5.44. The number of unbranched alkanes of at least 4 members (excludes halogenated alkanes) is 1. The third-order valence-electron chi connectivity index (χ3n) is 2.79. The second kappa shape index (κ2) is 7.60. The first-order chi connectivity index (χ1) is 5.43. The van der Waals surface area contributed by atoms with Crippen LogP contribution in [-0.2, 0) is 0 Å². The molecule has 1 aliphatic carbocycles. The Morgan fingerprint density at radius 2 is 1.67 bits per heavy atom. The Balaban J connectivity index is 0.00000121. The fourth-order valence-electron chi connectivity index (χ4n) is 2.05. The van der Waals surface area contributed by atoms with Crippen molar-refractivity contribution in [2.75, 3.05) is 6.54 Å². The molecule has 0 saturated heterocycles. The Morgan fingerprint density at radius 1 is 1.00 bits per heavy atom. The Morgan fingerprint density at radius 3 is 2.25 bits per heavy atom. The Bertz CT molecular complexity index is 85.0. The molecule has 74 valence electrons. The fourth-order valence-corrected chi connectivity index (χ4v) is 2.05. The molecule has 0 aromatic rings. The van der Waals surface area contributed by atoms with Crippen molar-refractivity contribution in [1.82, 2.24) is 0 Å². The quantitative estimate of drug-likeness (QED) is 0.645. The first-order valence-corrected chi connectivity index (χ1v) is 5.13. The molecule has 0 atom stereocenters. The Labute approximate surface area is 77.7 Å². The average molecular weight is 171 g/mol. The molecule has 1 rings (SSSR count). The normalized spacial score (nSPS) is 18.8. The number of rotatable bonds is 4. The maximum Gasteiger partial charge on any atom is -0.00773 e.